The molecule has 0 aliphatic carbocycles. The van der Waals surface area contributed by atoms with Gasteiger partial charge in [0.25, 0.3) is 0 Å². The number of rotatable bonds is 40. The fourth-order valence-electron chi connectivity index (χ4n) is 6.82. The molecule has 0 aliphatic heterocycles. The van der Waals surface area contributed by atoms with Crippen LogP contribution in [0.1, 0.15) is 125 Å². The van der Waals surface area contributed by atoms with Crippen LogP contribution in [-0.2, 0) is 66.2 Å². The quantitative estimate of drug-likeness (QED) is 0.0185. The van der Waals surface area contributed by atoms with Gasteiger partial charge in [-0.1, -0.05) is 12.8 Å². The van der Waals surface area contributed by atoms with E-state index in [9.17, 15) is 48.6 Å². The molecule has 2 rings (SSSR count). The first kappa shape index (κ1) is 73.1. The standard InChI is InChI=1S/C19H34N4O7.C12H18N2O4.C9H18N2O4.C8H16N2O4/c20-14(18(27)28)5-1-3-7-22-10-13(9-16(25)17(26)11-24)23(12-22)8-4-2-6-15(21)19(29)30;13-11(12(17)18)3-1-2-6-14-9(7-15)4-5-10(14)8-16;1-6(8(12)13)11-5-3-2-4-7(10)9(14)15;9-6(8(13)14)3-1-2-4-10-5-7(11)12/h10,12,14-17,24-26H,1-9,11,20-21H2,(H-,27,28,29,30);4-5,7,11,16H,1-3,6,8,13H2,(H,17,18);6-7,11H,2-5,10H2,1H3,(H,12,13)(H,14,15);6,10H,1-5,9H2,(H,11,12)(H,13,14)/p+1. The van der Waals surface area contributed by atoms with Crippen molar-refractivity contribution in [3.63, 3.8) is 0 Å². The molecule has 0 saturated heterocycles. The van der Waals surface area contributed by atoms with Gasteiger partial charge in [-0.25, -0.2) is 9.13 Å². The Hall–Kier alpha value is -5.99. The zero-order valence-corrected chi connectivity index (χ0v) is 43.9. The van der Waals surface area contributed by atoms with Crippen LogP contribution in [0.3, 0.4) is 0 Å². The number of nitrogens with one attached hydrogen (secondary N) is 2. The number of aliphatic hydroxyl groups excluding tert-OH is 4. The second kappa shape index (κ2) is 43.0. The summed E-state index contributed by atoms with van der Waals surface area (Å²) in [5.41, 5.74) is 28.9. The molecule has 0 saturated carbocycles. The van der Waals surface area contributed by atoms with Gasteiger partial charge in [0.05, 0.1) is 44.6 Å². The molecule has 0 aromatic carbocycles. The van der Waals surface area contributed by atoms with E-state index in [1.54, 1.807) is 23.6 Å². The number of aliphatic carboxylic acids is 7. The lowest BCUT2D eigenvalue weighted by molar-refractivity contribution is -0.697. The van der Waals surface area contributed by atoms with E-state index in [0.717, 1.165) is 31.2 Å². The molecule has 2 aromatic rings. The van der Waals surface area contributed by atoms with E-state index < -0.39 is 96.9 Å². The number of aldehydes is 1. The van der Waals surface area contributed by atoms with Crippen molar-refractivity contribution in [2.45, 2.75) is 184 Å². The number of carboxylic acid groups (broad SMARTS) is 7. The molecular weight excluding hydrogens is 1020 g/mol. The molecule has 0 aliphatic rings. The maximum absolute atomic E-state index is 10.8. The fraction of sp³-hybridized carbons (Fsp3) is 0.688. The number of unbranched alkanes of at least 4 members (excludes halogenated alkanes) is 5. The maximum atomic E-state index is 10.8. The van der Waals surface area contributed by atoms with Crippen molar-refractivity contribution in [2.24, 2.45) is 28.7 Å². The summed E-state index contributed by atoms with van der Waals surface area (Å²) in [6.07, 6.45) is 11.1. The van der Waals surface area contributed by atoms with Gasteiger partial charge in [0.1, 0.15) is 54.2 Å². The summed E-state index contributed by atoms with van der Waals surface area (Å²) in [7, 11) is 0. The lowest BCUT2D eigenvalue weighted by Gasteiger charge is -2.14. The minimum absolute atomic E-state index is 0.0645. The molecule has 29 heteroatoms. The van der Waals surface area contributed by atoms with Gasteiger partial charge in [0.2, 0.25) is 6.33 Å². The molecule has 0 bridgehead atoms. The van der Waals surface area contributed by atoms with Crippen molar-refractivity contribution in [2.75, 3.05) is 26.2 Å². The molecule has 2 heterocycles. The van der Waals surface area contributed by atoms with Gasteiger partial charge in [-0.2, -0.15) is 0 Å². The summed E-state index contributed by atoms with van der Waals surface area (Å²) in [5, 5.41) is 103. The van der Waals surface area contributed by atoms with Gasteiger partial charge in [-0.15, -0.1) is 0 Å². The van der Waals surface area contributed by atoms with E-state index in [0.29, 0.717) is 121 Å². The normalized spacial score (nSPS) is 14.0. The number of hydrogen-bond acceptors (Lipinski definition) is 19. The molecule has 0 spiro atoms. The van der Waals surface area contributed by atoms with E-state index in [1.807, 2.05) is 21.7 Å². The number of carboxylic acids is 7. The first-order chi connectivity index (χ1) is 36.2. The van der Waals surface area contributed by atoms with Crippen LogP contribution in [0.15, 0.2) is 24.7 Å². The zero-order valence-electron chi connectivity index (χ0n) is 43.9. The number of nitrogens with two attached hydrogens (primary N) is 5. The molecule has 23 N–H and O–H groups in total. The van der Waals surface area contributed by atoms with E-state index >= 15 is 0 Å². The van der Waals surface area contributed by atoms with E-state index in [-0.39, 0.29) is 19.6 Å². The van der Waals surface area contributed by atoms with Crippen LogP contribution in [-0.4, -0.2) is 188 Å². The molecule has 442 valence electrons. The second-order valence-electron chi connectivity index (χ2n) is 18.2. The van der Waals surface area contributed by atoms with Crippen molar-refractivity contribution < 1.29 is 99.1 Å². The Morgan fingerprint density at radius 3 is 1.44 bits per heavy atom. The average molecular weight is 1110 g/mol. The molecule has 0 radical (unpaired) electrons. The number of carbonyl (C=O) groups excluding carboxylic acids is 1. The Morgan fingerprint density at radius 1 is 0.584 bits per heavy atom. The highest BCUT2D eigenvalue weighted by molar-refractivity contribution is 5.75. The van der Waals surface area contributed by atoms with E-state index in [1.165, 1.54) is 0 Å². The largest absolute Gasteiger partial charge is 0.480 e. The summed E-state index contributed by atoms with van der Waals surface area (Å²) >= 11 is 0. The Kier molecular flexibility index (Phi) is 40.9. The summed E-state index contributed by atoms with van der Waals surface area (Å²) in [4.78, 5) is 84.0. The van der Waals surface area contributed by atoms with E-state index in [2.05, 4.69) is 10.6 Å². The topological polar surface area (TPSA) is 527 Å². The Bertz CT molecular complexity index is 2000. The van der Waals surface area contributed by atoms with Crippen LogP contribution >= 0.6 is 0 Å². The maximum Gasteiger partial charge on any atom is 0.320 e. The number of aliphatic hydroxyl groups is 4. The summed E-state index contributed by atoms with van der Waals surface area (Å²) < 4.78 is 5.57. The third-order valence-electron chi connectivity index (χ3n) is 11.6. The minimum Gasteiger partial charge on any atom is -0.480 e. The molecule has 0 amide bonds. The van der Waals surface area contributed by atoms with Gasteiger partial charge in [0, 0.05) is 18.7 Å². The van der Waals surface area contributed by atoms with Crippen LogP contribution in [0.2, 0.25) is 0 Å². The predicted molar refractivity (Wildman–Crippen MR) is 276 cm³/mol. The monoisotopic (exact) mass is 1110 g/mol. The number of carbonyl (C=O) groups is 8. The van der Waals surface area contributed by atoms with E-state index in [4.69, 9.17) is 74.6 Å². The second-order valence-corrected chi connectivity index (χ2v) is 18.2. The molecule has 77 heavy (non-hydrogen) atoms. The highest BCUT2D eigenvalue weighted by Gasteiger charge is 2.23. The average Bonchev–Trinajstić information content (AvgIpc) is 3.97. The predicted octanol–water partition coefficient (Wildman–Crippen LogP) is -2.55. The van der Waals surface area contributed by atoms with Gasteiger partial charge >= 0.3 is 41.8 Å². The number of aromatic nitrogens is 3. The highest BCUT2D eigenvalue weighted by atomic mass is 16.4. The van der Waals surface area contributed by atoms with Crippen molar-refractivity contribution in [3.05, 3.63) is 41.7 Å². The Labute approximate surface area is 447 Å². The minimum atomic E-state index is -1.24. The van der Waals surface area contributed by atoms with Crippen LogP contribution in [0.5, 0.6) is 0 Å². The van der Waals surface area contributed by atoms with Crippen LogP contribution in [0.4, 0.5) is 0 Å². The fourth-order valence-corrected chi connectivity index (χ4v) is 6.82. The van der Waals surface area contributed by atoms with Gasteiger partial charge < -0.3 is 100 Å². The van der Waals surface area contributed by atoms with Crippen molar-refractivity contribution in [3.8, 4) is 0 Å². The van der Waals surface area contributed by atoms with Gasteiger partial charge in [0.15, 0.2) is 6.29 Å². The number of aryl methyl sites for hydroxylation is 2. The van der Waals surface area contributed by atoms with Gasteiger partial charge in [-0.3, -0.25) is 38.4 Å². The molecule has 2 aromatic heterocycles. The van der Waals surface area contributed by atoms with Crippen molar-refractivity contribution >= 4 is 48.1 Å². The summed E-state index contributed by atoms with van der Waals surface area (Å²) in [6.45, 7) is 3.74. The Morgan fingerprint density at radius 2 is 1.03 bits per heavy atom. The molecule has 0 fully saturated rings. The first-order valence-electron chi connectivity index (χ1n) is 25.3. The smallest absolute Gasteiger partial charge is 0.320 e. The summed E-state index contributed by atoms with van der Waals surface area (Å²) in [6, 6.07) is -1.44. The third kappa shape index (κ3) is 35.9. The van der Waals surface area contributed by atoms with Crippen molar-refractivity contribution in [1.29, 1.82) is 0 Å². The number of nitrogens with zero attached hydrogens (tertiary/aromatic N) is 3. The number of hydrogen-bond donors (Lipinski definition) is 18. The molecular formula is C48H87N10O19+. The molecule has 8 unspecified atom stereocenters. The first-order valence-corrected chi connectivity index (χ1v) is 25.3. The summed E-state index contributed by atoms with van der Waals surface area (Å²) in [5.74, 6) is -6.83. The van der Waals surface area contributed by atoms with Gasteiger partial charge in [-0.05, 0) is 116 Å². The zero-order chi connectivity index (χ0) is 59.0. The van der Waals surface area contributed by atoms with Crippen LogP contribution in [0.25, 0.3) is 0 Å². The SMILES string of the molecule is CC(NCCCCC(N)C(=O)O)C(=O)O.NC(CCCCNCC(=O)O)C(=O)O.NC(CCCCn1c(C=O)ccc1CO)C(=O)O.NC(CCCCn1c[n+](CCCCC(N)C(=O)O)cc1CC(O)C(O)CO)C(=O)O. The lowest BCUT2D eigenvalue weighted by atomic mass is 10.1. The lowest BCUT2D eigenvalue weighted by Crippen LogP contribution is -2.34. The van der Waals surface area contributed by atoms with Crippen molar-refractivity contribution in [1.82, 2.24) is 19.8 Å². The molecule has 29 nitrogen and oxygen atoms in total. The third-order valence-corrected chi connectivity index (χ3v) is 11.6. The highest BCUT2D eigenvalue weighted by Crippen LogP contribution is 2.12. The number of imidazole rings is 1. The van der Waals surface area contributed by atoms with Crippen LogP contribution < -0.4 is 43.9 Å². The molecule has 8 atom stereocenters. The Balaban J connectivity index is 0. The van der Waals surface area contributed by atoms with Crippen LogP contribution in [0, 0.1) is 0 Å².